The Hall–Kier alpha value is -2.02. The van der Waals surface area contributed by atoms with Crippen LogP contribution >= 0.6 is 15.9 Å². The fourth-order valence-electron chi connectivity index (χ4n) is 1.47. The molecule has 0 aliphatic rings. The highest BCUT2D eigenvalue weighted by Crippen LogP contribution is 2.09. The van der Waals surface area contributed by atoms with E-state index in [2.05, 4.69) is 31.3 Å². The van der Waals surface area contributed by atoms with Crippen LogP contribution in [0.25, 0.3) is 0 Å². The number of nitrogens with one attached hydrogen (secondary N) is 1. The van der Waals surface area contributed by atoms with Crippen molar-refractivity contribution >= 4 is 21.8 Å². The van der Waals surface area contributed by atoms with Gasteiger partial charge in [-0.25, -0.2) is 4.68 Å². The molecule has 2 aromatic rings. The van der Waals surface area contributed by atoms with Gasteiger partial charge in [0, 0.05) is 35.7 Å². The Balaban J connectivity index is 1.91. The molecule has 0 unspecified atom stereocenters. The molecule has 1 amide bonds. The zero-order chi connectivity index (χ0) is 13.7. The first kappa shape index (κ1) is 13.4. The van der Waals surface area contributed by atoms with Crippen molar-refractivity contribution < 1.29 is 4.79 Å². The van der Waals surface area contributed by atoms with Crippen molar-refractivity contribution in [2.75, 3.05) is 6.54 Å². The second kappa shape index (κ2) is 6.24. The molecule has 7 heteroatoms. The number of pyridine rings is 1. The third-order valence-corrected chi connectivity index (χ3v) is 2.80. The Morgan fingerprint density at radius 2 is 2.26 bits per heavy atom. The smallest absolute Gasteiger partial charge is 0.266 e. The van der Waals surface area contributed by atoms with Gasteiger partial charge in [0.15, 0.2) is 0 Å². The molecule has 19 heavy (non-hydrogen) atoms. The van der Waals surface area contributed by atoms with Crippen LogP contribution in [-0.4, -0.2) is 27.2 Å². The number of nitrogens with zero attached hydrogens (tertiary/aromatic N) is 3. The van der Waals surface area contributed by atoms with Gasteiger partial charge in [-0.1, -0.05) is 0 Å². The van der Waals surface area contributed by atoms with E-state index in [4.69, 9.17) is 0 Å². The van der Waals surface area contributed by atoms with Gasteiger partial charge in [0.25, 0.3) is 11.5 Å². The molecule has 0 saturated heterocycles. The van der Waals surface area contributed by atoms with Crippen LogP contribution in [0.1, 0.15) is 10.4 Å². The van der Waals surface area contributed by atoms with Crippen LogP contribution in [0, 0.1) is 0 Å². The van der Waals surface area contributed by atoms with E-state index in [0.29, 0.717) is 18.7 Å². The highest BCUT2D eigenvalue weighted by atomic mass is 79.9. The number of carbonyl (C=O) groups excluding carboxylic acids is 1. The van der Waals surface area contributed by atoms with E-state index in [-0.39, 0.29) is 11.5 Å². The second-order valence-electron chi connectivity index (χ2n) is 3.73. The maximum absolute atomic E-state index is 11.8. The van der Waals surface area contributed by atoms with Gasteiger partial charge in [-0.2, -0.15) is 5.10 Å². The lowest BCUT2D eigenvalue weighted by molar-refractivity contribution is 0.0951. The van der Waals surface area contributed by atoms with Crippen molar-refractivity contribution in [3.63, 3.8) is 0 Å². The van der Waals surface area contributed by atoms with Crippen LogP contribution in [-0.2, 0) is 6.54 Å². The maximum Gasteiger partial charge on any atom is 0.266 e. The van der Waals surface area contributed by atoms with E-state index >= 15 is 0 Å². The van der Waals surface area contributed by atoms with Gasteiger partial charge in [0.05, 0.1) is 12.1 Å². The standard InChI is InChI=1S/C12H11BrN4O2/c13-10-6-9(7-14-8-10)12(19)15-4-5-17-11(18)2-1-3-16-17/h1-3,6-8H,4-5H2,(H,15,19). The van der Waals surface area contributed by atoms with Gasteiger partial charge in [-0.15, -0.1) is 0 Å². The Labute approximate surface area is 117 Å². The second-order valence-corrected chi connectivity index (χ2v) is 4.65. The van der Waals surface area contributed by atoms with E-state index in [1.54, 1.807) is 18.3 Å². The molecule has 0 aliphatic heterocycles. The summed E-state index contributed by atoms with van der Waals surface area (Å²) in [5.41, 5.74) is 0.267. The Morgan fingerprint density at radius 1 is 1.42 bits per heavy atom. The molecule has 6 nitrogen and oxygen atoms in total. The first-order chi connectivity index (χ1) is 9.16. The summed E-state index contributed by atoms with van der Waals surface area (Å²) in [4.78, 5) is 27.1. The van der Waals surface area contributed by atoms with E-state index in [1.165, 1.54) is 23.1 Å². The number of hydrogen-bond acceptors (Lipinski definition) is 4. The molecule has 2 aromatic heterocycles. The molecule has 0 radical (unpaired) electrons. The molecular weight excluding hydrogens is 312 g/mol. The number of carbonyl (C=O) groups is 1. The van der Waals surface area contributed by atoms with Crippen LogP contribution in [0.4, 0.5) is 0 Å². The zero-order valence-electron chi connectivity index (χ0n) is 9.91. The average Bonchev–Trinajstić information content (AvgIpc) is 2.41. The molecule has 2 heterocycles. The number of halogens is 1. The molecule has 0 saturated carbocycles. The quantitative estimate of drug-likeness (QED) is 0.904. The molecule has 0 spiro atoms. The summed E-state index contributed by atoms with van der Waals surface area (Å²) < 4.78 is 2.03. The Bertz CT molecular complexity index is 641. The largest absolute Gasteiger partial charge is 0.350 e. The van der Waals surface area contributed by atoms with Gasteiger partial charge in [0.2, 0.25) is 0 Å². The van der Waals surface area contributed by atoms with Gasteiger partial charge in [-0.05, 0) is 28.1 Å². The predicted octanol–water partition coefficient (Wildman–Crippen LogP) is 0.831. The minimum atomic E-state index is -0.238. The van der Waals surface area contributed by atoms with Crippen molar-refractivity contribution in [2.24, 2.45) is 0 Å². The van der Waals surface area contributed by atoms with Crippen LogP contribution in [0.3, 0.4) is 0 Å². The molecule has 98 valence electrons. The lowest BCUT2D eigenvalue weighted by Crippen LogP contribution is -2.31. The molecule has 0 bridgehead atoms. The SMILES string of the molecule is O=C(NCCn1ncccc1=O)c1cncc(Br)c1. The normalized spacial score (nSPS) is 10.2. The fraction of sp³-hybridized carbons (Fsp3) is 0.167. The van der Waals surface area contributed by atoms with Crippen molar-refractivity contribution in [3.8, 4) is 0 Å². The molecule has 2 rings (SSSR count). The third-order valence-electron chi connectivity index (χ3n) is 2.36. The van der Waals surface area contributed by atoms with E-state index in [0.717, 1.165) is 4.47 Å². The van der Waals surface area contributed by atoms with Crippen LogP contribution in [0.2, 0.25) is 0 Å². The first-order valence-corrected chi connectivity index (χ1v) is 6.37. The summed E-state index contributed by atoms with van der Waals surface area (Å²) in [6, 6.07) is 4.67. The third kappa shape index (κ3) is 3.72. The number of amides is 1. The monoisotopic (exact) mass is 322 g/mol. The molecule has 0 aliphatic carbocycles. The van der Waals surface area contributed by atoms with E-state index < -0.39 is 0 Å². The van der Waals surface area contributed by atoms with E-state index in [9.17, 15) is 9.59 Å². The van der Waals surface area contributed by atoms with Crippen molar-refractivity contribution in [1.82, 2.24) is 20.1 Å². The Kier molecular flexibility index (Phi) is 4.40. The number of rotatable bonds is 4. The number of aromatic nitrogens is 3. The minimum absolute atomic E-state index is 0.194. The highest BCUT2D eigenvalue weighted by molar-refractivity contribution is 9.10. The van der Waals surface area contributed by atoms with Gasteiger partial charge < -0.3 is 5.32 Å². The summed E-state index contributed by atoms with van der Waals surface area (Å²) in [7, 11) is 0. The van der Waals surface area contributed by atoms with Gasteiger partial charge in [0.1, 0.15) is 0 Å². The molecule has 0 aromatic carbocycles. The summed E-state index contributed by atoms with van der Waals surface area (Å²) in [6.45, 7) is 0.648. The summed E-state index contributed by atoms with van der Waals surface area (Å²) in [5.74, 6) is -0.238. The lowest BCUT2D eigenvalue weighted by Gasteiger charge is -2.06. The molecule has 0 fully saturated rings. The van der Waals surface area contributed by atoms with Gasteiger partial charge in [-0.3, -0.25) is 14.6 Å². The summed E-state index contributed by atoms with van der Waals surface area (Å²) >= 11 is 3.25. The van der Waals surface area contributed by atoms with E-state index in [1.807, 2.05) is 0 Å². The molecule has 1 N–H and O–H groups in total. The van der Waals surface area contributed by atoms with Gasteiger partial charge >= 0.3 is 0 Å². The predicted molar refractivity (Wildman–Crippen MR) is 72.8 cm³/mol. The van der Waals surface area contributed by atoms with Crippen molar-refractivity contribution in [1.29, 1.82) is 0 Å². The van der Waals surface area contributed by atoms with Crippen LogP contribution < -0.4 is 10.9 Å². The summed E-state index contributed by atoms with van der Waals surface area (Å²) in [5, 5.41) is 6.60. The maximum atomic E-state index is 11.8. The fourth-order valence-corrected chi connectivity index (χ4v) is 1.83. The lowest BCUT2D eigenvalue weighted by atomic mass is 10.3. The number of hydrogen-bond donors (Lipinski definition) is 1. The van der Waals surface area contributed by atoms with Crippen molar-refractivity contribution in [3.05, 3.63) is 57.2 Å². The highest BCUT2D eigenvalue weighted by Gasteiger charge is 2.05. The molecular formula is C12H11BrN4O2. The topological polar surface area (TPSA) is 76.9 Å². The van der Waals surface area contributed by atoms with Crippen molar-refractivity contribution in [2.45, 2.75) is 6.54 Å². The van der Waals surface area contributed by atoms with Crippen LogP contribution in [0.5, 0.6) is 0 Å². The Morgan fingerprint density at radius 3 is 3.00 bits per heavy atom. The zero-order valence-corrected chi connectivity index (χ0v) is 11.5. The average molecular weight is 323 g/mol. The minimum Gasteiger partial charge on any atom is -0.350 e. The molecule has 0 atom stereocenters. The summed E-state index contributed by atoms with van der Waals surface area (Å²) in [6.07, 6.45) is 4.61. The van der Waals surface area contributed by atoms with Crippen LogP contribution in [0.15, 0.2) is 46.1 Å². The first-order valence-electron chi connectivity index (χ1n) is 5.58.